The number of halogens is 1. The van der Waals surface area contributed by atoms with Gasteiger partial charge in [0.2, 0.25) is 0 Å². The second kappa shape index (κ2) is 10.7. The summed E-state index contributed by atoms with van der Waals surface area (Å²) in [6, 6.07) is 10.4. The van der Waals surface area contributed by atoms with Gasteiger partial charge in [0, 0.05) is 17.3 Å². The Morgan fingerprint density at radius 1 is 1.17 bits per heavy atom. The Labute approximate surface area is 213 Å². The summed E-state index contributed by atoms with van der Waals surface area (Å²) in [5.74, 6) is 0.977. The molecule has 7 nitrogen and oxygen atoms in total. The van der Waals surface area contributed by atoms with Gasteiger partial charge in [0.15, 0.2) is 17.4 Å². The molecule has 36 heavy (non-hydrogen) atoms. The molecule has 1 aliphatic heterocycles. The van der Waals surface area contributed by atoms with Crippen molar-refractivity contribution < 1.29 is 9.13 Å². The van der Waals surface area contributed by atoms with Gasteiger partial charge in [-0.05, 0) is 81.0 Å². The van der Waals surface area contributed by atoms with Crippen LogP contribution in [0.4, 0.5) is 4.39 Å². The Balaban J connectivity index is 1.35. The fraction of sp³-hybridized carbons (Fsp3) is 0.333. The average Bonchev–Trinajstić information content (AvgIpc) is 3.36. The highest BCUT2D eigenvalue weighted by Gasteiger charge is 2.17. The van der Waals surface area contributed by atoms with E-state index >= 15 is 0 Å². The Morgan fingerprint density at radius 3 is 2.67 bits per heavy atom. The molecule has 1 unspecified atom stereocenters. The minimum Gasteiger partial charge on any atom is -0.490 e. The van der Waals surface area contributed by atoms with Crippen molar-refractivity contribution in [1.29, 1.82) is 0 Å². The van der Waals surface area contributed by atoms with Crippen LogP contribution in [-0.2, 0) is 0 Å². The minimum absolute atomic E-state index is 0.395. The van der Waals surface area contributed by atoms with Crippen molar-refractivity contribution in [1.82, 2.24) is 24.2 Å². The van der Waals surface area contributed by atoms with Crippen molar-refractivity contribution in [2.75, 3.05) is 19.7 Å². The topological polar surface area (TPSA) is 81.9 Å². The lowest BCUT2D eigenvalue weighted by Gasteiger charge is -2.22. The van der Waals surface area contributed by atoms with Crippen LogP contribution in [0.1, 0.15) is 37.1 Å². The molecule has 5 rings (SSSR count). The number of hydrogen-bond acceptors (Lipinski definition) is 7. The smallest absolute Gasteiger partial charge is 0.287 e. The van der Waals surface area contributed by atoms with Crippen LogP contribution in [0.25, 0.3) is 21.8 Å². The van der Waals surface area contributed by atoms with Gasteiger partial charge in [-0.2, -0.15) is 4.37 Å². The third-order valence-corrected chi connectivity index (χ3v) is 7.46. The Hall–Kier alpha value is -3.43. The molecule has 1 N–H and O–H groups in total. The number of hydrogen-bond donors (Lipinski definition) is 1. The highest BCUT2D eigenvalue weighted by Crippen LogP contribution is 2.28. The molecule has 0 aliphatic carbocycles. The summed E-state index contributed by atoms with van der Waals surface area (Å²) >= 11 is 1.28. The number of nitrogens with one attached hydrogen (secondary N) is 1. The summed E-state index contributed by atoms with van der Waals surface area (Å²) in [7, 11) is 0. The van der Waals surface area contributed by atoms with Crippen LogP contribution >= 0.6 is 11.5 Å². The maximum absolute atomic E-state index is 14.6. The zero-order valence-electron chi connectivity index (χ0n) is 20.3. The first-order valence-electron chi connectivity index (χ1n) is 12.1. The van der Waals surface area contributed by atoms with Gasteiger partial charge in [-0.15, -0.1) is 0 Å². The Bertz CT molecular complexity index is 1400. The molecule has 0 bridgehead atoms. The van der Waals surface area contributed by atoms with Crippen molar-refractivity contribution in [2.24, 2.45) is 5.92 Å². The van der Waals surface area contributed by atoms with Crippen LogP contribution in [0, 0.1) is 18.7 Å². The van der Waals surface area contributed by atoms with Crippen LogP contribution in [0.2, 0.25) is 0 Å². The fourth-order valence-corrected chi connectivity index (χ4v) is 5.13. The predicted octanol–water partition coefficient (Wildman–Crippen LogP) is 4.86. The standard InChI is InChI=1S/C27H28FN5O2S/c1-17-10-25(36-32-17)22-12-24(28)27(34)33(15-22)18(2)20-4-3-5-21(11-20)26-30-13-23(14-31-26)35-16-19-6-8-29-9-7-19/h3-5,10-15,18-19,29H,6-9,16H2,1-2H3. The van der Waals surface area contributed by atoms with Gasteiger partial charge >= 0.3 is 0 Å². The van der Waals surface area contributed by atoms with Gasteiger partial charge < -0.3 is 14.6 Å². The number of pyridine rings is 1. The maximum atomic E-state index is 14.6. The molecule has 1 atom stereocenters. The maximum Gasteiger partial charge on any atom is 0.287 e. The molecule has 3 aromatic heterocycles. The highest BCUT2D eigenvalue weighted by molar-refractivity contribution is 7.09. The molecule has 9 heteroatoms. The van der Waals surface area contributed by atoms with Gasteiger partial charge in [-0.1, -0.05) is 18.2 Å². The van der Waals surface area contributed by atoms with Crippen molar-refractivity contribution in [3.63, 3.8) is 0 Å². The highest BCUT2D eigenvalue weighted by atomic mass is 32.1. The average molecular weight is 506 g/mol. The number of rotatable bonds is 7. The summed E-state index contributed by atoms with van der Waals surface area (Å²) in [5.41, 5.74) is 2.48. The normalized spacial score (nSPS) is 15.1. The Kier molecular flexibility index (Phi) is 7.20. The van der Waals surface area contributed by atoms with Gasteiger partial charge in [-0.3, -0.25) is 4.79 Å². The molecule has 4 heterocycles. The first-order chi connectivity index (χ1) is 17.5. The lowest BCUT2D eigenvalue weighted by atomic mass is 9.99. The van der Waals surface area contributed by atoms with E-state index in [-0.39, 0.29) is 0 Å². The molecule has 0 saturated carbocycles. The number of nitrogens with zero attached hydrogens (tertiary/aromatic N) is 4. The molecule has 1 fully saturated rings. The van der Waals surface area contributed by atoms with E-state index in [1.807, 2.05) is 44.2 Å². The number of piperidine rings is 1. The number of aromatic nitrogens is 4. The minimum atomic E-state index is -0.787. The van der Waals surface area contributed by atoms with Gasteiger partial charge in [0.25, 0.3) is 5.56 Å². The largest absolute Gasteiger partial charge is 0.490 e. The van der Waals surface area contributed by atoms with Crippen molar-refractivity contribution >= 4 is 11.5 Å². The van der Waals surface area contributed by atoms with Crippen LogP contribution in [0.15, 0.2) is 59.8 Å². The van der Waals surface area contributed by atoms with Crippen molar-refractivity contribution in [3.05, 3.63) is 82.4 Å². The van der Waals surface area contributed by atoms with Crippen molar-refractivity contribution in [2.45, 2.75) is 32.7 Å². The third-order valence-electron chi connectivity index (χ3n) is 6.53. The zero-order valence-corrected chi connectivity index (χ0v) is 21.1. The molecule has 4 aromatic rings. The molecular formula is C27H28FN5O2S. The summed E-state index contributed by atoms with van der Waals surface area (Å²) in [4.78, 5) is 22.5. The molecular weight excluding hydrogens is 477 g/mol. The SMILES string of the molecule is Cc1cc(-c2cc(F)c(=O)n(C(C)c3cccc(-c4ncc(OCC5CCNCC5)cn4)c3)c2)sn1. The number of aryl methyl sites for hydroxylation is 1. The fourth-order valence-electron chi connectivity index (χ4n) is 4.39. The van der Waals surface area contributed by atoms with Crippen LogP contribution in [0.3, 0.4) is 0 Å². The lowest BCUT2D eigenvalue weighted by Crippen LogP contribution is -2.30. The van der Waals surface area contributed by atoms with E-state index in [1.165, 1.54) is 22.2 Å². The van der Waals surface area contributed by atoms with Gasteiger partial charge in [-0.25, -0.2) is 14.4 Å². The zero-order chi connectivity index (χ0) is 25.1. The first-order valence-corrected chi connectivity index (χ1v) is 12.9. The van der Waals surface area contributed by atoms with E-state index in [0.29, 0.717) is 29.7 Å². The van der Waals surface area contributed by atoms with E-state index in [2.05, 4.69) is 19.7 Å². The summed E-state index contributed by atoms with van der Waals surface area (Å²) < 4.78 is 26.2. The molecule has 0 radical (unpaired) electrons. The van der Waals surface area contributed by atoms with E-state index < -0.39 is 17.4 Å². The van der Waals surface area contributed by atoms with E-state index in [1.54, 1.807) is 18.6 Å². The molecule has 186 valence electrons. The second-order valence-corrected chi connectivity index (χ2v) is 9.97. The summed E-state index contributed by atoms with van der Waals surface area (Å²) in [5, 5.41) is 3.36. The van der Waals surface area contributed by atoms with E-state index in [4.69, 9.17) is 4.74 Å². The second-order valence-electron chi connectivity index (χ2n) is 9.17. The molecule has 1 saturated heterocycles. The quantitative estimate of drug-likeness (QED) is 0.386. The van der Waals surface area contributed by atoms with E-state index in [0.717, 1.165) is 47.6 Å². The first kappa shape index (κ1) is 24.3. The number of ether oxygens (including phenoxy) is 1. The molecule has 0 spiro atoms. The molecule has 1 aromatic carbocycles. The van der Waals surface area contributed by atoms with Crippen LogP contribution in [0.5, 0.6) is 5.75 Å². The molecule has 1 aliphatic rings. The van der Waals surface area contributed by atoms with Gasteiger partial charge in [0.05, 0.1) is 35.6 Å². The van der Waals surface area contributed by atoms with Crippen LogP contribution in [-0.4, -0.2) is 38.6 Å². The lowest BCUT2D eigenvalue weighted by molar-refractivity contribution is 0.214. The summed E-state index contributed by atoms with van der Waals surface area (Å²) in [6.45, 7) is 6.50. The van der Waals surface area contributed by atoms with Crippen molar-refractivity contribution in [3.8, 4) is 27.6 Å². The predicted molar refractivity (Wildman–Crippen MR) is 139 cm³/mol. The monoisotopic (exact) mass is 505 g/mol. The Morgan fingerprint density at radius 2 is 1.94 bits per heavy atom. The van der Waals surface area contributed by atoms with E-state index in [9.17, 15) is 9.18 Å². The number of benzene rings is 1. The van der Waals surface area contributed by atoms with Gasteiger partial charge in [0.1, 0.15) is 0 Å². The third kappa shape index (κ3) is 5.37. The molecule has 0 amide bonds. The van der Waals surface area contributed by atoms with Crippen LogP contribution < -0.4 is 15.6 Å². The summed E-state index contributed by atoms with van der Waals surface area (Å²) in [6.07, 6.45) is 7.31.